The molecule has 0 aliphatic heterocycles. The van der Waals surface area contributed by atoms with E-state index in [0.29, 0.717) is 0 Å². The molecular formula is C10H12ClN. The monoisotopic (exact) mass is 181 g/mol. The van der Waals surface area contributed by atoms with Gasteiger partial charge in [0.25, 0.3) is 0 Å². The highest BCUT2D eigenvalue weighted by molar-refractivity contribution is 6.31. The van der Waals surface area contributed by atoms with E-state index in [2.05, 4.69) is 6.58 Å². The maximum Gasteiger partial charge on any atom is 0.0478 e. The first-order valence-electron chi connectivity index (χ1n) is 3.79. The number of benzene rings is 1. The molecule has 1 aromatic rings. The second kappa shape index (κ2) is 3.74. The molecule has 2 N–H and O–H groups in total. The molecule has 0 unspecified atom stereocenters. The van der Waals surface area contributed by atoms with E-state index >= 15 is 0 Å². The molecule has 2 heteroatoms. The van der Waals surface area contributed by atoms with Crippen LogP contribution >= 0.6 is 11.6 Å². The van der Waals surface area contributed by atoms with Crippen molar-refractivity contribution in [1.82, 2.24) is 0 Å². The largest absolute Gasteiger partial charge is 0.321 e. The molecule has 0 amide bonds. The van der Waals surface area contributed by atoms with Gasteiger partial charge in [0.1, 0.15) is 0 Å². The standard InChI is InChI=1S/C10H12ClN/c1-3-10(12)8-4-5-9(11)7(2)6-8/h3-6,10H,1,12H2,2H3/t10-/m0/s1. The van der Waals surface area contributed by atoms with E-state index in [1.54, 1.807) is 6.08 Å². The first-order chi connectivity index (χ1) is 5.65. The summed E-state index contributed by atoms with van der Waals surface area (Å²) in [5, 5.41) is 0.773. The van der Waals surface area contributed by atoms with Gasteiger partial charge in [-0.05, 0) is 24.1 Å². The van der Waals surface area contributed by atoms with Crippen LogP contribution in [0.5, 0.6) is 0 Å². The Hall–Kier alpha value is -0.790. The molecule has 0 bridgehead atoms. The van der Waals surface area contributed by atoms with Crippen LogP contribution in [0.4, 0.5) is 0 Å². The van der Waals surface area contributed by atoms with Crippen molar-refractivity contribution in [1.29, 1.82) is 0 Å². The van der Waals surface area contributed by atoms with E-state index in [1.807, 2.05) is 25.1 Å². The zero-order valence-electron chi connectivity index (χ0n) is 7.05. The van der Waals surface area contributed by atoms with E-state index in [-0.39, 0.29) is 6.04 Å². The zero-order valence-corrected chi connectivity index (χ0v) is 7.81. The molecule has 1 atom stereocenters. The van der Waals surface area contributed by atoms with Gasteiger partial charge in [0.15, 0.2) is 0 Å². The molecule has 0 saturated heterocycles. The fraction of sp³-hybridized carbons (Fsp3) is 0.200. The molecule has 0 fully saturated rings. The molecule has 0 spiro atoms. The maximum absolute atomic E-state index is 5.86. The van der Waals surface area contributed by atoms with Crippen molar-refractivity contribution in [3.63, 3.8) is 0 Å². The number of rotatable bonds is 2. The lowest BCUT2D eigenvalue weighted by Gasteiger charge is -2.07. The molecule has 1 rings (SSSR count). The number of aryl methyl sites for hydroxylation is 1. The summed E-state index contributed by atoms with van der Waals surface area (Å²) in [6, 6.07) is 5.66. The van der Waals surface area contributed by atoms with E-state index in [0.717, 1.165) is 16.1 Å². The van der Waals surface area contributed by atoms with Gasteiger partial charge < -0.3 is 5.73 Å². The molecule has 64 valence electrons. The van der Waals surface area contributed by atoms with Crippen LogP contribution in [-0.2, 0) is 0 Å². The Kier molecular flexibility index (Phi) is 2.90. The first-order valence-corrected chi connectivity index (χ1v) is 4.17. The Bertz CT molecular complexity index is 294. The summed E-state index contributed by atoms with van der Waals surface area (Å²) in [5.41, 5.74) is 7.85. The maximum atomic E-state index is 5.86. The molecule has 0 heterocycles. The van der Waals surface area contributed by atoms with Crippen molar-refractivity contribution < 1.29 is 0 Å². The van der Waals surface area contributed by atoms with Crippen molar-refractivity contribution in [2.24, 2.45) is 5.73 Å². The molecule has 0 radical (unpaired) electrons. The van der Waals surface area contributed by atoms with Crippen LogP contribution in [0.15, 0.2) is 30.9 Å². The van der Waals surface area contributed by atoms with Crippen LogP contribution in [0, 0.1) is 6.92 Å². The topological polar surface area (TPSA) is 26.0 Å². The Labute approximate surface area is 77.8 Å². The van der Waals surface area contributed by atoms with E-state index < -0.39 is 0 Å². The third kappa shape index (κ3) is 1.87. The van der Waals surface area contributed by atoms with Gasteiger partial charge in [-0.2, -0.15) is 0 Å². The SMILES string of the molecule is C=C[C@H](N)c1ccc(Cl)c(C)c1. The van der Waals surface area contributed by atoms with E-state index in [1.165, 1.54) is 0 Å². The first kappa shape index (κ1) is 9.30. The van der Waals surface area contributed by atoms with Crippen LogP contribution in [0.3, 0.4) is 0 Å². The van der Waals surface area contributed by atoms with Gasteiger partial charge in [-0.3, -0.25) is 0 Å². The van der Waals surface area contributed by atoms with Crippen molar-refractivity contribution in [2.45, 2.75) is 13.0 Å². The lowest BCUT2D eigenvalue weighted by molar-refractivity contribution is 0.912. The summed E-state index contributed by atoms with van der Waals surface area (Å²) >= 11 is 5.86. The lowest BCUT2D eigenvalue weighted by atomic mass is 10.1. The minimum absolute atomic E-state index is 0.0963. The van der Waals surface area contributed by atoms with Crippen molar-refractivity contribution in [3.8, 4) is 0 Å². The van der Waals surface area contributed by atoms with Crippen LogP contribution in [0.2, 0.25) is 5.02 Å². The minimum Gasteiger partial charge on any atom is -0.321 e. The van der Waals surface area contributed by atoms with Crippen molar-refractivity contribution in [2.75, 3.05) is 0 Å². The van der Waals surface area contributed by atoms with Crippen LogP contribution in [0.1, 0.15) is 17.2 Å². The minimum atomic E-state index is -0.0963. The van der Waals surface area contributed by atoms with Gasteiger partial charge in [0.2, 0.25) is 0 Å². The third-order valence-corrected chi connectivity index (χ3v) is 2.24. The fourth-order valence-electron chi connectivity index (χ4n) is 1.01. The van der Waals surface area contributed by atoms with E-state index in [9.17, 15) is 0 Å². The number of hydrogen-bond donors (Lipinski definition) is 1. The van der Waals surface area contributed by atoms with Crippen LogP contribution in [0.25, 0.3) is 0 Å². The summed E-state index contributed by atoms with van der Waals surface area (Å²) in [6.07, 6.45) is 1.71. The summed E-state index contributed by atoms with van der Waals surface area (Å²) in [4.78, 5) is 0. The normalized spacial score (nSPS) is 12.6. The lowest BCUT2D eigenvalue weighted by Crippen LogP contribution is -2.06. The average Bonchev–Trinajstić information content (AvgIpc) is 2.08. The zero-order chi connectivity index (χ0) is 9.14. The van der Waals surface area contributed by atoms with Crippen LogP contribution in [-0.4, -0.2) is 0 Å². The Morgan fingerprint density at radius 2 is 2.25 bits per heavy atom. The Morgan fingerprint density at radius 3 is 2.75 bits per heavy atom. The average molecular weight is 182 g/mol. The third-order valence-electron chi connectivity index (χ3n) is 1.82. The van der Waals surface area contributed by atoms with Gasteiger partial charge in [-0.15, -0.1) is 6.58 Å². The number of halogens is 1. The molecule has 0 aromatic heterocycles. The molecule has 0 aliphatic carbocycles. The van der Waals surface area contributed by atoms with Crippen molar-refractivity contribution >= 4 is 11.6 Å². The smallest absolute Gasteiger partial charge is 0.0478 e. The number of nitrogens with two attached hydrogens (primary N) is 1. The second-order valence-electron chi connectivity index (χ2n) is 2.77. The summed E-state index contributed by atoms with van der Waals surface area (Å²) < 4.78 is 0. The Balaban J connectivity index is 3.04. The van der Waals surface area contributed by atoms with Crippen molar-refractivity contribution in [3.05, 3.63) is 47.0 Å². The van der Waals surface area contributed by atoms with Crippen LogP contribution < -0.4 is 5.73 Å². The second-order valence-corrected chi connectivity index (χ2v) is 3.18. The summed E-state index contributed by atoms with van der Waals surface area (Å²) in [7, 11) is 0. The molecule has 0 aliphatic rings. The van der Waals surface area contributed by atoms with Gasteiger partial charge >= 0.3 is 0 Å². The van der Waals surface area contributed by atoms with Gasteiger partial charge in [-0.25, -0.2) is 0 Å². The molecule has 1 aromatic carbocycles. The van der Waals surface area contributed by atoms with Gasteiger partial charge in [0, 0.05) is 11.1 Å². The molecule has 12 heavy (non-hydrogen) atoms. The summed E-state index contributed by atoms with van der Waals surface area (Å²) in [6.45, 7) is 5.59. The molecule has 1 nitrogen and oxygen atoms in total. The predicted octanol–water partition coefficient (Wildman–Crippen LogP) is 2.83. The van der Waals surface area contributed by atoms with Gasteiger partial charge in [-0.1, -0.05) is 29.8 Å². The summed E-state index contributed by atoms with van der Waals surface area (Å²) in [5.74, 6) is 0. The highest BCUT2D eigenvalue weighted by Gasteiger charge is 2.02. The number of hydrogen-bond acceptors (Lipinski definition) is 1. The van der Waals surface area contributed by atoms with E-state index in [4.69, 9.17) is 17.3 Å². The predicted molar refractivity (Wildman–Crippen MR) is 53.3 cm³/mol. The molecular weight excluding hydrogens is 170 g/mol. The fourth-order valence-corrected chi connectivity index (χ4v) is 1.13. The van der Waals surface area contributed by atoms with Gasteiger partial charge in [0.05, 0.1) is 0 Å². The quantitative estimate of drug-likeness (QED) is 0.698. The highest BCUT2D eigenvalue weighted by atomic mass is 35.5. The Morgan fingerprint density at radius 1 is 1.58 bits per heavy atom. The highest BCUT2D eigenvalue weighted by Crippen LogP contribution is 2.19. The molecule has 0 saturated carbocycles.